The summed E-state index contributed by atoms with van der Waals surface area (Å²) in [4.78, 5) is 31.8. The van der Waals surface area contributed by atoms with Gasteiger partial charge in [0.25, 0.3) is 0 Å². The number of aromatic nitrogens is 4. The number of rotatable bonds is 11. The van der Waals surface area contributed by atoms with Crippen LogP contribution in [0.25, 0.3) is 11.2 Å². The van der Waals surface area contributed by atoms with Crippen LogP contribution < -0.4 is 10.5 Å². The van der Waals surface area contributed by atoms with Crippen LogP contribution in [0.3, 0.4) is 0 Å². The molecule has 0 saturated carbocycles. The Hall–Kier alpha value is -1.78. The van der Waals surface area contributed by atoms with E-state index < -0.39 is 19.2 Å². The molecule has 4 N–H and O–H groups in total. The van der Waals surface area contributed by atoms with Crippen molar-refractivity contribution in [2.75, 3.05) is 19.5 Å². The Morgan fingerprint density at radius 3 is 2.57 bits per heavy atom. The van der Waals surface area contributed by atoms with Crippen LogP contribution in [0.15, 0.2) is 6.33 Å². The molecule has 0 spiro atoms. The average Bonchev–Trinajstić information content (AvgIpc) is 3.04. The van der Waals surface area contributed by atoms with E-state index in [9.17, 15) is 14.4 Å². The van der Waals surface area contributed by atoms with Crippen molar-refractivity contribution in [2.24, 2.45) is 0 Å². The number of hydrogen-bond acceptors (Lipinski definition) is 8. The van der Waals surface area contributed by atoms with Gasteiger partial charge in [-0.05, 0) is 26.2 Å². The number of imidazole rings is 1. The minimum atomic E-state index is -4.38. The van der Waals surface area contributed by atoms with Crippen molar-refractivity contribution in [3.63, 3.8) is 0 Å². The van der Waals surface area contributed by atoms with E-state index in [1.165, 1.54) is 7.11 Å². The second-order valence-corrected chi connectivity index (χ2v) is 8.22. The summed E-state index contributed by atoms with van der Waals surface area (Å²) in [6.45, 7) is 5.77. The van der Waals surface area contributed by atoms with Gasteiger partial charge in [-0.2, -0.15) is 9.97 Å². The highest BCUT2D eigenvalue weighted by atomic mass is 31.2. The minimum absolute atomic E-state index is 0.0429. The van der Waals surface area contributed by atoms with Crippen LogP contribution in [-0.2, 0) is 20.6 Å². The Bertz CT molecular complexity index is 834. The number of nitrogens with zero attached hydrogens (tertiary/aromatic N) is 4. The maximum atomic E-state index is 11.8. The lowest BCUT2D eigenvalue weighted by molar-refractivity contribution is -0.0400. The molecule has 0 amide bonds. The van der Waals surface area contributed by atoms with E-state index in [0.717, 1.165) is 0 Å². The molecule has 2 heterocycles. The highest BCUT2D eigenvalue weighted by Crippen LogP contribution is 2.55. The van der Waals surface area contributed by atoms with Crippen LogP contribution >= 0.6 is 7.60 Å². The fourth-order valence-electron chi connectivity index (χ4n) is 2.83. The van der Waals surface area contributed by atoms with Gasteiger partial charge in [0.1, 0.15) is 0 Å². The normalized spacial score (nSPS) is 13.8. The smallest absolute Gasteiger partial charge is 0.357 e. The number of nitrogen functional groups attached to an aromatic ring is 1. The van der Waals surface area contributed by atoms with Gasteiger partial charge in [-0.3, -0.25) is 4.57 Å². The largest absolute Gasteiger partial charge is 0.446 e. The predicted molar refractivity (Wildman–Crippen MR) is 103 cm³/mol. The molecule has 2 aromatic rings. The quantitative estimate of drug-likeness (QED) is 0.280. The van der Waals surface area contributed by atoms with Gasteiger partial charge in [0.15, 0.2) is 22.8 Å². The second kappa shape index (κ2) is 9.15. The van der Waals surface area contributed by atoms with E-state index in [1.807, 2.05) is 0 Å². The Morgan fingerprint density at radius 1 is 1.32 bits per heavy atom. The van der Waals surface area contributed by atoms with Crippen molar-refractivity contribution in [1.29, 1.82) is 0 Å². The van der Waals surface area contributed by atoms with Crippen LogP contribution in [0, 0.1) is 0 Å². The molecule has 158 valence electrons. The zero-order chi connectivity index (χ0) is 20.9. The molecule has 0 aliphatic heterocycles. The topological polar surface area (TPSA) is 155 Å². The van der Waals surface area contributed by atoms with E-state index >= 15 is 0 Å². The Labute approximate surface area is 163 Å². The number of ether oxygens (including phenoxy) is 3. The summed E-state index contributed by atoms with van der Waals surface area (Å²) >= 11 is 0. The predicted octanol–water partition coefficient (Wildman–Crippen LogP) is 1.88. The molecule has 28 heavy (non-hydrogen) atoms. The fraction of sp³-hybridized carbons (Fsp3) is 0.688. The summed E-state index contributed by atoms with van der Waals surface area (Å²) in [7, 11) is -2.87. The first kappa shape index (κ1) is 22.5. The van der Waals surface area contributed by atoms with E-state index in [4.69, 9.17) is 19.9 Å². The van der Waals surface area contributed by atoms with Crippen LogP contribution in [0.2, 0.25) is 0 Å². The van der Waals surface area contributed by atoms with Crippen LogP contribution in [0.4, 0.5) is 5.95 Å². The molecule has 0 aliphatic carbocycles. The maximum absolute atomic E-state index is 11.8. The highest BCUT2D eigenvalue weighted by molar-refractivity contribution is 7.53. The van der Waals surface area contributed by atoms with Crippen LogP contribution in [0.1, 0.15) is 40.0 Å². The lowest BCUT2D eigenvalue weighted by Crippen LogP contribution is -2.31. The van der Waals surface area contributed by atoms with Crippen LogP contribution in [0.5, 0.6) is 5.88 Å². The first-order chi connectivity index (χ1) is 13.2. The zero-order valence-corrected chi connectivity index (χ0v) is 17.4. The standard InChI is InChI=1S/C16H28N5O6P/c1-5-16(6-2,28(22,23)24)26-9-7-8-21-10-18-12-13(21)19-15(17)20-14(12)27-11(3)25-4/h10-11H,5-9H2,1-4H3,(H2,17,19,20)(H2,22,23,24). The third-order valence-electron chi connectivity index (χ3n) is 4.61. The van der Waals surface area contributed by atoms with Gasteiger partial charge in [-0.15, -0.1) is 0 Å². The average molecular weight is 417 g/mol. The van der Waals surface area contributed by atoms with Gasteiger partial charge in [-0.1, -0.05) is 13.8 Å². The van der Waals surface area contributed by atoms with Crippen molar-refractivity contribution < 1.29 is 28.6 Å². The lowest BCUT2D eigenvalue weighted by Gasteiger charge is -2.32. The first-order valence-electron chi connectivity index (χ1n) is 9.04. The number of fused-ring (bicyclic) bond motifs is 1. The van der Waals surface area contributed by atoms with Gasteiger partial charge in [-0.25, -0.2) is 4.98 Å². The molecule has 1 unspecified atom stereocenters. The van der Waals surface area contributed by atoms with E-state index in [-0.39, 0.29) is 31.3 Å². The van der Waals surface area contributed by atoms with Crippen LogP contribution in [-0.4, -0.2) is 54.7 Å². The summed E-state index contributed by atoms with van der Waals surface area (Å²) in [5.74, 6) is 0.269. The van der Waals surface area contributed by atoms with Crippen molar-refractivity contribution >= 4 is 24.7 Å². The Balaban J connectivity index is 2.10. The molecule has 1 atom stereocenters. The minimum Gasteiger partial charge on any atom is -0.446 e. The molecule has 11 nitrogen and oxygen atoms in total. The third-order valence-corrected chi connectivity index (χ3v) is 6.43. The molecule has 0 aliphatic rings. The molecule has 0 radical (unpaired) electrons. The van der Waals surface area contributed by atoms with Gasteiger partial charge >= 0.3 is 7.60 Å². The summed E-state index contributed by atoms with van der Waals surface area (Å²) in [6.07, 6.45) is 2.01. The van der Waals surface area contributed by atoms with Crippen molar-refractivity contribution in [2.45, 2.75) is 58.2 Å². The molecular formula is C16H28N5O6P. The summed E-state index contributed by atoms with van der Waals surface area (Å²) in [5.41, 5.74) is 6.72. The monoisotopic (exact) mass is 417 g/mol. The first-order valence-corrected chi connectivity index (χ1v) is 10.7. The SMILES string of the molecule is CCC(CC)(OCCCn1cnc2c(OC(C)OC)nc(N)nc21)P(=O)(O)O. The Morgan fingerprint density at radius 2 is 2.00 bits per heavy atom. The lowest BCUT2D eigenvalue weighted by atomic mass is 10.2. The van der Waals surface area contributed by atoms with Gasteiger partial charge in [0.05, 0.1) is 6.33 Å². The highest BCUT2D eigenvalue weighted by Gasteiger charge is 2.44. The van der Waals surface area contributed by atoms with Crippen molar-refractivity contribution in [1.82, 2.24) is 19.5 Å². The van der Waals surface area contributed by atoms with E-state index in [2.05, 4.69) is 15.0 Å². The summed E-state index contributed by atoms with van der Waals surface area (Å²) in [6, 6.07) is 0. The third kappa shape index (κ3) is 4.79. The number of hydrogen-bond donors (Lipinski definition) is 3. The van der Waals surface area contributed by atoms with Crippen molar-refractivity contribution in [3.8, 4) is 5.88 Å². The molecule has 2 aromatic heterocycles. The second-order valence-electron chi connectivity index (χ2n) is 6.32. The molecule has 0 aromatic carbocycles. The number of methoxy groups -OCH3 is 1. The van der Waals surface area contributed by atoms with Crippen molar-refractivity contribution in [3.05, 3.63) is 6.33 Å². The fourth-order valence-corrected chi connectivity index (χ4v) is 3.92. The molecular weight excluding hydrogens is 389 g/mol. The zero-order valence-electron chi connectivity index (χ0n) is 16.5. The molecule has 2 rings (SSSR count). The summed E-state index contributed by atoms with van der Waals surface area (Å²) in [5, 5.41) is -1.45. The number of aryl methyl sites for hydroxylation is 1. The number of anilines is 1. The van der Waals surface area contributed by atoms with E-state index in [1.54, 1.807) is 31.7 Å². The van der Waals surface area contributed by atoms with Gasteiger partial charge in [0.2, 0.25) is 11.8 Å². The van der Waals surface area contributed by atoms with Gasteiger partial charge in [0, 0.05) is 20.3 Å². The Kier molecular flexibility index (Phi) is 7.35. The maximum Gasteiger partial charge on any atom is 0.357 e. The molecule has 0 saturated heterocycles. The molecule has 0 bridgehead atoms. The number of nitrogens with two attached hydrogens (primary N) is 1. The summed E-state index contributed by atoms with van der Waals surface area (Å²) < 4.78 is 29.8. The van der Waals surface area contributed by atoms with E-state index in [0.29, 0.717) is 24.1 Å². The molecule has 12 heteroatoms. The molecule has 0 fully saturated rings. The van der Waals surface area contributed by atoms with Gasteiger partial charge < -0.3 is 34.3 Å².